The van der Waals surface area contributed by atoms with E-state index in [1.807, 2.05) is 41.9 Å². The monoisotopic (exact) mass is 481 g/mol. The first-order chi connectivity index (χ1) is 16.9. The van der Waals surface area contributed by atoms with Gasteiger partial charge in [-0.2, -0.15) is 0 Å². The SMILES string of the molecule is Bc1ccc(Nc2nc3cc(Oc4ccnc(C(=O)Nc5cccc(Cl)c5)c4)ccc3n2C)cc1. The lowest BCUT2D eigenvalue weighted by molar-refractivity contribution is 0.102. The average molecular weight is 482 g/mol. The zero-order valence-corrected chi connectivity index (χ0v) is 19.9. The number of carbonyl (C=O) groups excluding carboxylic acids is 1. The minimum absolute atomic E-state index is 0.228. The van der Waals surface area contributed by atoms with Crippen molar-refractivity contribution in [2.75, 3.05) is 10.6 Å². The van der Waals surface area contributed by atoms with Crippen molar-refractivity contribution in [2.45, 2.75) is 0 Å². The zero-order valence-electron chi connectivity index (χ0n) is 19.1. The molecule has 0 aliphatic heterocycles. The van der Waals surface area contributed by atoms with Gasteiger partial charge in [-0.05, 0) is 48.5 Å². The van der Waals surface area contributed by atoms with Gasteiger partial charge in [-0.3, -0.25) is 9.78 Å². The Hall–Kier alpha value is -4.30. The second-order valence-corrected chi connectivity index (χ2v) is 8.52. The molecule has 7 nitrogen and oxygen atoms in total. The van der Waals surface area contributed by atoms with Crippen LogP contribution in [0, 0.1) is 0 Å². The number of amides is 1. The quantitative estimate of drug-likeness (QED) is 0.345. The van der Waals surface area contributed by atoms with Crippen LogP contribution >= 0.6 is 11.6 Å². The molecule has 35 heavy (non-hydrogen) atoms. The topological polar surface area (TPSA) is 81.1 Å². The van der Waals surface area contributed by atoms with Crippen LogP contribution in [0.5, 0.6) is 11.5 Å². The molecule has 9 heteroatoms. The Labute approximate surface area is 208 Å². The lowest BCUT2D eigenvalue weighted by Gasteiger charge is -2.08. The van der Waals surface area contributed by atoms with Crippen LogP contribution in [0.4, 0.5) is 17.3 Å². The summed E-state index contributed by atoms with van der Waals surface area (Å²) in [4.78, 5) is 21.5. The number of imidazole rings is 1. The molecule has 3 aromatic carbocycles. The van der Waals surface area contributed by atoms with Gasteiger partial charge in [0.1, 0.15) is 25.0 Å². The van der Waals surface area contributed by atoms with Crippen LogP contribution < -0.4 is 20.8 Å². The molecule has 0 saturated carbocycles. The number of nitrogens with zero attached hydrogens (tertiary/aromatic N) is 3. The minimum Gasteiger partial charge on any atom is -0.457 e. The van der Waals surface area contributed by atoms with Gasteiger partial charge in [0.15, 0.2) is 0 Å². The maximum Gasteiger partial charge on any atom is 0.274 e. The Morgan fingerprint density at radius 3 is 2.57 bits per heavy atom. The third-order valence-corrected chi connectivity index (χ3v) is 5.68. The van der Waals surface area contributed by atoms with Gasteiger partial charge >= 0.3 is 0 Å². The molecular weight excluding hydrogens is 461 g/mol. The number of aromatic nitrogens is 3. The van der Waals surface area contributed by atoms with E-state index in [0.29, 0.717) is 22.2 Å². The van der Waals surface area contributed by atoms with Crippen LogP contribution in [0.15, 0.2) is 85.1 Å². The highest BCUT2D eigenvalue weighted by molar-refractivity contribution is 6.32. The maximum absolute atomic E-state index is 12.6. The summed E-state index contributed by atoms with van der Waals surface area (Å²) in [6, 6.07) is 24.0. The Balaban J connectivity index is 1.34. The fraction of sp³-hybridized carbons (Fsp3) is 0.0385. The van der Waals surface area contributed by atoms with Gasteiger partial charge in [-0.1, -0.05) is 35.3 Å². The first-order valence-electron chi connectivity index (χ1n) is 11.0. The lowest BCUT2D eigenvalue weighted by Crippen LogP contribution is -2.13. The van der Waals surface area contributed by atoms with Crippen molar-refractivity contribution >= 4 is 59.2 Å². The molecular formula is C26H21BClN5O2. The smallest absolute Gasteiger partial charge is 0.274 e. The number of aryl methyl sites for hydroxylation is 1. The number of hydrogen-bond acceptors (Lipinski definition) is 5. The van der Waals surface area contributed by atoms with Crippen molar-refractivity contribution in [3.05, 3.63) is 95.8 Å². The number of ether oxygens (including phenoxy) is 1. The summed E-state index contributed by atoms with van der Waals surface area (Å²) in [6.45, 7) is 0. The number of carbonyl (C=O) groups is 1. The molecule has 0 radical (unpaired) electrons. The van der Waals surface area contributed by atoms with Crippen LogP contribution in [0.25, 0.3) is 11.0 Å². The number of nitrogens with one attached hydrogen (secondary N) is 2. The van der Waals surface area contributed by atoms with Crippen LogP contribution in [0.3, 0.4) is 0 Å². The molecule has 5 rings (SSSR count). The third-order valence-electron chi connectivity index (χ3n) is 5.44. The standard InChI is InChI=1S/C26H21BClN5O2/c1-33-24-10-9-20(14-22(24)32-26(33)31-18-7-5-16(27)6-8-18)35-21-11-12-29-23(15-21)25(34)30-19-4-2-3-17(28)13-19/h2-15H,27H2,1H3,(H,30,34)(H,31,32). The molecule has 0 unspecified atom stereocenters. The Bertz CT molecular complexity index is 1540. The summed E-state index contributed by atoms with van der Waals surface area (Å²) >= 11 is 5.99. The van der Waals surface area contributed by atoms with Gasteiger partial charge in [0.2, 0.25) is 5.95 Å². The van der Waals surface area contributed by atoms with Crippen molar-refractivity contribution in [1.82, 2.24) is 14.5 Å². The predicted octanol–water partition coefficient (Wildman–Crippen LogP) is 4.67. The van der Waals surface area contributed by atoms with Crippen molar-refractivity contribution in [3.8, 4) is 11.5 Å². The average Bonchev–Trinajstić information content (AvgIpc) is 3.15. The van der Waals surface area contributed by atoms with E-state index in [1.54, 1.807) is 36.4 Å². The molecule has 0 fully saturated rings. The third kappa shape index (κ3) is 5.12. The zero-order chi connectivity index (χ0) is 24.4. The summed E-state index contributed by atoms with van der Waals surface area (Å²) in [6.07, 6.45) is 1.53. The molecule has 0 aliphatic carbocycles. The first-order valence-corrected chi connectivity index (χ1v) is 11.3. The number of rotatable bonds is 6. The molecule has 5 aromatic rings. The molecule has 1 amide bonds. The van der Waals surface area contributed by atoms with Crippen molar-refractivity contribution in [1.29, 1.82) is 0 Å². The first kappa shape index (κ1) is 22.5. The molecule has 0 aliphatic rings. The summed E-state index contributed by atoms with van der Waals surface area (Å²) in [5.41, 5.74) is 4.72. The molecule has 0 saturated heterocycles. The lowest BCUT2D eigenvalue weighted by atomic mass is 9.96. The molecule has 2 heterocycles. The van der Waals surface area contributed by atoms with Crippen molar-refractivity contribution in [3.63, 3.8) is 0 Å². The van der Waals surface area contributed by atoms with E-state index in [4.69, 9.17) is 21.3 Å². The van der Waals surface area contributed by atoms with Gasteiger partial charge in [0, 0.05) is 41.8 Å². The highest BCUT2D eigenvalue weighted by atomic mass is 35.5. The Morgan fingerprint density at radius 2 is 1.77 bits per heavy atom. The molecule has 2 aromatic heterocycles. The van der Waals surface area contributed by atoms with E-state index < -0.39 is 0 Å². The molecule has 2 N–H and O–H groups in total. The molecule has 0 spiro atoms. The molecule has 172 valence electrons. The van der Waals surface area contributed by atoms with Gasteiger partial charge < -0.3 is 19.9 Å². The maximum atomic E-state index is 12.6. The number of hydrogen-bond donors (Lipinski definition) is 2. The summed E-state index contributed by atoms with van der Waals surface area (Å²) in [5.74, 6) is 1.46. The van der Waals surface area contributed by atoms with E-state index in [-0.39, 0.29) is 11.6 Å². The van der Waals surface area contributed by atoms with Gasteiger partial charge in [-0.15, -0.1) is 0 Å². The van der Waals surface area contributed by atoms with E-state index in [1.165, 1.54) is 11.7 Å². The summed E-state index contributed by atoms with van der Waals surface area (Å²) < 4.78 is 8.01. The predicted molar refractivity (Wildman–Crippen MR) is 142 cm³/mol. The number of pyridine rings is 1. The number of anilines is 3. The highest BCUT2D eigenvalue weighted by Gasteiger charge is 2.12. The van der Waals surface area contributed by atoms with Crippen LogP contribution in [0.2, 0.25) is 5.02 Å². The largest absolute Gasteiger partial charge is 0.457 e. The van der Waals surface area contributed by atoms with E-state index >= 15 is 0 Å². The van der Waals surface area contributed by atoms with E-state index in [2.05, 4.69) is 35.6 Å². The van der Waals surface area contributed by atoms with E-state index in [9.17, 15) is 4.79 Å². The van der Waals surface area contributed by atoms with E-state index in [0.717, 1.165) is 22.7 Å². The summed E-state index contributed by atoms with van der Waals surface area (Å²) in [7, 11) is 4.01. The van der Waals surface area contributed by atoms with Crippen LogP contribution in [0.1, 0.15) is 10.5 Å². The second kappa shape index (κ2) is 9.52. The van der Waals surface area contributed by atoms with Gasteiger partial charge in [0.25, 0.3) is 5.91 Å². The normalized spacial score (nSPS) is 10.8. The minimum atomic E-state index is -0.357. The van der Waals surface area contributed by atoms with Gasteiger partial charge in [-0.25, -0.2) is 4.98 Å². The molecule has 0 bridgehead atoms. The number of fused-ring (bicyclic) bond motifs is 1. The summed E-state index contributed by atoms with van der Waals surface area (Å²) in [5, 5.41) is 6.67. The number of benzene rings is 3. The highest BCUT2D eigenvalue weighted by Crippen LogP contribution is 2.28. The fourth-order valence-corrected chi connectivity index (χ4v) is 3.81. The molecule has 0 atom stereocenters. The van der Waals surface area contributed by atoms with Crippen molar-refractivity contribution in [2.24, 2.45) is 7.05 Å². The number of halogens is 1. The van der Waals surface area contributed by atoms with Gasteiger partial charge in [0.05, 0.1) is 11.0 Å². The Kier molecular flexibility index (Phi) is 6.12. The fourth-order valence-electron chi connectivity index (χ4n) is 3.62. The van der Waals surface area contributed by atoms with Crippen LogP contribution in [-0.2, 0) is 7.05 Å². The Morgan fingerprint density at radius 1 is 0.971 bits per heavy atom. The van der Waals surface area contributed by atoms with Crippen LogP contribution in [-0.4, -0.2) is 28.3 Å². The second-order valence-electron chi connectivity index (χ2n) is 8.08. The van der Waals surface area contributed by atoms with Crippen molar-refractivity contribution < 1.29 is 9.53 Å².